The minimum absolute atomic E-state index is 0.165. The van der Waals surface area contributed by atoms with E-state index in [1.54, 1.807) is 11.8 Å². The highest BCUT2D eigenvalue weighted by atomic mass is 32.2. The number of fused-ring (bicyclic) bond motifs is 3. The van der Waals surface area contributed by atoms with Crippen molar-refractivity contribution in [1.82, 2.24) is 9.97 Å². The number of rotatable bonds is 5. The van der Waals surface area contributed by atoms with Crippen LogP contribution in [0, 0.1) is 5.92 Å². The first-order chi connectivity index (χ1) is 13.2. The molecule has 1 fully saturated rings. The van der Waals surface area contributed by atoms with Crippen molar-refractivity contribution in [1.29, 1.82) is 0 Å². The molecule has 5 heteroatoms. The Hall–Kier alpha value is -1.72. The second-order valence-electron chi connectivity index (χ2n) is 7.77. The quantitative estimate of drug-likeness (QED) is 0.318. The molecule has 0 saturated heterocycles. The average molecular weight is 395 g/mol. The molecule has 0 radical (unpaired) electrons. The molecule has 0 amide bonds. The molecule has 5 rings (SSSR count). The Labute approximate surface area is 167 Å². The monoisotopic (exact) mass is 394 g/mol. The number of carbonyl (C=O) groups is 1. The lowest BCUT2D eigenvalue weighted by Crippen LogP contribution is -2.09. The Morgan fingerprint density at radius 2 is 2.00 bits per heavy atom. The topological polar surface area (TPSA) is 42.9 Å². The van der Waals surface area contributed by atoms with Gasteiger partial charge in [-0.3, -0.25) is 4.79 Å². The van der Waals surface area contributed by atoms with Crippen LogP contribution in [0.2, 0.25) is 0 Å². The number of Topliss-reactive ketones (excluding diaryl/α,β-unsaturated/α-hetero) is 1. The van der Waals surface area contributed by atoms with Crippen LogP contribution in [0.5, 0.6) is 0 Å². The standard InChI is InChI=1S/C22H22N2OS2/c1-13-7-10-16-18(11-13)27-22-19(16)21(23-20(24-22)15-8-9-15)26-12-17(25)14-5-3-2-4-6-14/h2-6,13,15H,7-12H2,1H3/t13-/m1/s1. The van der Waals surface area contributed by atoms with Crippen molar-refractivity contribution >= 4 is 39.1 Å². The summed E-state index contributed by atoms with van der Waals surface area (Å²) < 4.78 is 0. The van der Waals surface area contributed by atoms with Crippen molar-refractivity contribution < 1.29 is 4.79 Å². The third kappa shape index (κ3) is 3.43. The van der Waals surface area contributed by atoms with E-state index in [1.807, 2.05) is 41.7 Å². The van der Waals surface area contributed by atoms with E-state index < -0.39 is 0 Å². The summed E-state index contributed by atoms with van der Waals surface area (Å²) in [6, 6.07) is 9.56. The van der Waals surface area contributed by atoms with Crippen molar-refractivity contribution in [2.45, 2.75) is 50.0 Å². The summed E-state index contributed by atoms with van der Waals surface area (Å²) in [6.07, 6.45) is 5.89. The molecule has 2 heterocycles. The number of carbonyl (C=O) groups excluding carboxylic acids is 1. The molecule has 1 aromatic carbocycles. The number of nitrogens with zero attached hydrogens (tertiary/aromatic N) is 2. The van der Waals surface area contributed by atoms with Gasteiger partial charge >= 0.3 is 0 Å². The third-order valence-corrected chi connectivity index (χ3v) is 7.64. The Balaban J connectivity index is 1.50. The van der Waals surface area contributed by atoms with E-state index in [0.29, 0.717) is 11.7 Å². The van der Waals surface area contributed by atoms with Gasteiger partial charge in [0.2, 0.25) is 0 Å². The molecular formula is C22H22N2OS2. The molecule has 3 aromatic rings. The summed E-state index contributed by atoms with van der Waals surface area (Å²) in [5.74, 6) is 2.86. The molecule has 0 bridgehead atoms. The molecule has 1 atom stereocenters. The van der Waals surface area contributed by atoms with Gasteiger partial charge in [0.05, 0.1) is 5.75 Å². The number of hydrogen-bond donors (Lipinski definition) is 0. The van der Waals surface area contributed by atoms with Crippen LogP contribution in [0.4, 0.5) is 0 Å². The maximum atomic E-state index is 12.6. The van der Waals surface area contributed by atoms with E-state index >= 15 is 0 Å². The van der Waals surface area contributed by atoms with Crippen LogP contribution >= 0.6 is 23.1 Å². The Morgan fingerprint density at radius 3 is 2.78 bits per heavy atom. The van der Waals surface area contributed by atoms with E-state index in [9.17, 15) is 4.79 Å². The van der Waals surface area contributed by atoms with Gasteiger partial charge in [0.15, 0.2) is 5.78 Å². The summed E-state index contributed by atoms with van der Waals surface area (Å²) in [5.41, 5.74) is 2.23. The first-order valence-corrected chi connectivity index (χ1v) is 11.5. The number of thiophene rings is 1. The zero-order chi connectivity index (χ0) is 18.4. The lowest BCUT2D eigenvalue weighted by molar-refractivity contribution is 0.102. The normalized spacial score (nSPS) is 19.2. The number of benzene rings is 1. The van der Waals surface area contributed by atoms with E-state index in [1.165, 1.54) is 35.1 Å². The number of thioether (sulfide) groups is 1. The molecular weight excluding hydrogens is 372 g/mol. The SMILES string of the molecule is C[C@@H]1CCc2c(sc3nc(C4CC4)nc(SCC(=O)c4ccccc4)c23)C1. The largest absolute Gasteiger partial charge is 0.293 e. The van der Waals surface area contributed by atoms with Gasteiger partial charge < -0.3 is 0 Å². The van der Waals surface area contributed by atoms with Crippen molar-refractivity contribution in [2.75, 3.05) is 5.75 Å². The summed E-state index contributed by atoms with van der Waals surface area (Å²) in [6.45, 7) is 2.34. The molecule has 0 aliphatic heterocycles. The number of aryl methyl sites for hydroxylation is 1. The first-order valence-electron chi connectivity index (χ1n) is 9.72. The van der Waals surface area contributed by atoms with Gasteiger partial charge in [0, 0.05) is 21.7 Å². The predicted octanol–water partition coefficient (Wildman–Crippen LogP) is 5.67. The van der Waals surface area contributed by atoms with Crippen LogP contribution in [0.1, 0.15) is 58.7 Å². The second kappa shape index (κ2) is 7.02. The maximum absolute atomic E-state index is 12.6. The molecule has 2 aliphatic rings. The summed E-state index contributed by atoms with van der Waals surface area (Å²) in [4.78, 5) is 25.1. The van der Waals surface area contributed by atoms with Gasteiger partial charge in [0.1, 0.15) is 15.7 Å². The zero-order valence-corrected chi connectivity index (χ0v) is 17.0. The second-order valence-corrected chi connectivity index (χ2v) is 9.82. The molecule has 0 N–H and O–H groups in total. The Kier molecular flexibility index (Phi) is 4.52. The average Bonchev–Trinajstić information content (AvgIpc) is 3.47. The first kappa shape index (κ1) is 17.4. The number of aromatic nitrogens is 2. The van der Waals surface area contributed by atoms with Crippen LogP contribution in [-0.4, -0.2) is 21.5 Å². The van der Waals surface area contributed by atoms with Gasteiger partial charge in [0.25, 0.3) is 0 Å². The van der Waals surface area contributed by atoms with E-state index in [-0.39, 0.29) is 5.78 Å². The molecule has 0 unspecified atom stereocenters. The predicted molar refractivity (Wildman–Crippen MR) is 112 cm³/mol. The van der Waals surface area contributed by atoms with Crippen LogP contribution in [0.3, 0.4) is 0 Å². The van der Waals surface area contributed by atoms with Gasteiger partial charge in [-0.15, -0.1) is 11.3 Å². The van der Waals surface area contributed by atoms with Crippen molar-refractivity contribution in [3.8, 4) is 0 Å². The lowest BCUT2D eigenvalue weighted by atomic mass is 9.89. The van der Waals surface area contributed by atoms with Crippen LogP contribution < -0.4 is 0 Å². The number of ketones is 1. The molecule has 0 spiro atoms. The molecule has 27 heavy (non-hydrogen) atoms. The van der Waals surface area contributed by atoms with E-state index in [2.05, 4.69) is 6.92 Å². The van der Waals surface area contributed by atoms with Crippen LogP contribution in [0.15, 0.2) is 35.4 Å². The minimum Gasteiger partial charge on any atom is -0.293 e. The summed E-state index contributed by atoms with van der Waals surface area (Å²) in [5, 5.41) is 2.26. The third-order valence-electron chi connectivity index (χ3n) is 5.52. The van der Waals surface area contributed by atoms with Crippen molar-refractivity contribution in [3.63, 3.8) is 0 Å². The highest BCUT2D eigenvalue weighted by Crippen LogP contribution is 2.44. The molecule has 1 saturated carbocycles. The van der Waals surface area contributed by atoms with E-state index in [0.717, 1.165) is 40.0 Å². The Bertz CT molecular complexity index is 1010. The van der Waals surface area contributed by atoms with Gasteiger partial charge in [-0.25, -0.2) is 9.97 Å². The molecule has 138 valence electrons. The maximum Gasteiger partial charge on any atom is 0.173 e. The Morgan fingerprint density at radius 1 is 1.19 bits per heavy atom. The zero-order valence-electron chi connectivity index (χ0n) is 15.4. The van der Waals surface area contributed by atoms with Gasteiger partial charge in [-0.1, -0.05) is 49.0 Å². The highest BCUT2D eigenvalue weighted by Gasteiger charge is 2.30. The minimum atomic E-state index is 0.165. The summed E-state index contributed by atoms with van der Waals surface area (Å²) >= 11 is 3.45. The van der Waals surface area contributed by atoms with Crippen LogP contribution in [0.25, 0.3) is 10.2 Å². The van der Waals surface area contributed by atoms with E-state index in [4.69, 9.17) is 9.97 Å². The number of hydrogen-bond acceptors (Lipinski definition) is 5. The van der Waals surface area contributed by atoms with Crippen LogP contribution in [-0.2, 0) is 12.8 Å². The van der Waals surface area contributed by atoms with Crippen molar-refractivity contribution in [3.05, 3.63) is 52.2 Å². The highest BCUT2D eigenvalue weighted by molar-refractivity contribution is 8.00. The smallest absolute Gasteiger partial charge is 0.173 e. The fourth-order valence-corrected chi connectivity index (χ4v) is 6.21. The summed E-state index contributed by atoms with van der Waals surface area (Å²) in [7, 11) is 0. The van der Waals surface area contributed by atoms with Gasteiger partial charge in [-0.2, -0.15) is 0 Å². The fraction of sp³-hybridized carbons (Fsp3) is 0.409. The van der Waals surface area contributed by atoms with Crippen molar-refractivity contribution in [2.24, 2.45) is 5.92 Å². The van der Waals surface area contributed by atoms with Gasteiger partial charge in [-0.05, 0) is 43.6 Å². The molecule has 2 aromatic heterocycles. The fourth-order valence-electron chi connectivity index (χ4n) is 3.79. The lowest BCUT2D eigenvalue weighted by Gasteiger charge is -2.18. The molecule has 2 aliphatic carbocycles. The molecule has 3 nitrogen and oxygen atoms in total.